The number of carbonyl (C=O) groups excluding carboxylic acids is 1. The van der Waals surface area contributed by atoms with Gasteiger partial charge in [0.05, 0.1) is 12.5 Å². The molecule has 6 heteroatoms. The van der Waals surface area contributed by atoms with Crippen molar-refractivity contribution >= 4 is 12.0 Å². The average molecular weight is 244 g/mol. The highest BCUT2D eigenvalue weighted by Gasteiger charge is 2.15. The van der Waals surface area contributed by atoms with Crippen molar-refractivity contribution in [3.8, 4) is 0 Å². The van der Waals surface area contributed by atoms with Crippen LogP contribution in [0.15, 0.2) is 12.7 Å². The normalized spacial score (nSPS) is 11.6. The third kappa shape index (κ3) is 6.57. The van der Waals surface area contributed by atoms with Gasteiger partial charge in [-0.1, -0.05) is 6.08 Å². The Kier molecular flexibility index (Phi) is 7.79. The number of likely N-dealkylation sites (N-methyl/N-ethyl adjacent to an activating group) is 1. The maximum Gasteiger partial charge on any atom is 0.317 e. The molecule has 0 aromatic carbocycles. The van der Waals surface area contributed by atoms with Gasteiger partial charge in [-0.2, -0.15) is 0 Å². The number of carboxylic acid groups (broad SMARTS) is 1. The molecule has 0 heterocycles. The molecule has 0 saturated carbocycles. The topological polar surface area (TPSA) is 78.9 Å². The van der Waals surface area contributed by atoms with Gasteiger partial charge in [0, 0.05) is 26.7 Å². The number of hydrogen-bond acceptors (Lipinski definition) is 3. The summed E-state index contributed by atoms with van der Waals surface area (Å²) in [6.45, 7) is 6.61. The molecule has 2 amide bonds. The third-order valence-electron chi connectivity index (χ3n) is 2.24. The van der Waals surface area contributed by atoms with Crippen LogP contribution in [0.5, 0.6) is 0 Å². The first-order valence-corrected chi connectivity index (χ1v) is 5.43. The average Bonchev–Trinajstić information content (AvgIpc) is 2.30. The molecule has 0 fully saturated rings. The van der Waals surface area contributed by atoms with E-state index in [1.165, 1.54) is 7.11 Å². The molecule has 1 atom stereocenters. The molecule has 98 valence electrons. The highest BCUT2D eigenvalue weighted by molar-refractivity contribution is 5.74. The molecule has 6 nitrogen and oxygen atoms in total. The number of amides is 2. The molecule has 0 aromatic heterocycles. The number of rotatable bonds is 8. The van der Waals surface area contributed by atoms with E-state index in [-0.39, 0.29) is 19.0 Å². The van der Waals surface area contributed by atoms with Crippen molar-refractivity contribution in [2.24, 2.45) is 0 Å². The van der Waals surface area contributed by atoms with E-state index in [1.807, 2.05) is 6.92 Å². The summed E-state index contributed by atoms with van der Waals surface area (Å²) in [7, 11) is 1.42. The van der Waals surface area contributed by atoms with E-state index in [0.717, 1.165) is 0 Å². The number of nitrogens with zero attached hydrogens (tertiary/aromatic N) is 1. The molecule has 0 bridgehead atoms. The minimum absolute atomic E-state index is 0.135. The fraction of sp³-hybridized carbons (Fsp3) is 0.636. The van der Waals surface area contributed by atoms with Crippen LogP contribution in [0, 0.1) is 0 Å². The highest BCUT2D eigenvalue weighted by atomic mass is 16.5. The van der Waals surface area contributed by atoms with Crippen LogP contribution >= 0.6 is 0 Å². The number of ether oxygens (including phenoxy) is 1. The predicted octanol–water partition coefficient (Wildman–Crippen LogP) is 0.694. The molecule has 0 radical (unpaired) electrons. The van der Waals surface area contributed by atoms with Gasteiger partial charge in [-0.3, -0.25) is 4.79 Å². The van der Waals surface area contributed by atoms with Gasteiger partial charge < -0.3 is 20.1 Å². The smallest absolute Gasteiger partial charge is 0.317 e. The predicted molar refractivity (Wildman–Crippen MR) is 63.9 cm³/mol. The molecule has 0 aliphatic rings. The first kappa shape index (κ1) is 15.4. The standard InChI is InChI=1S/C11H20N2O4/c1-4-6-13(5-2)11(16)12-8-9(17-3)7-10(14)15/h4,9H,1,5-8H2,2-3H3,(H,12,16)(H,14,15). The molecule has 0 rings (SSSR count). The molecule has 1 unspecified atom stereocenters. The van der Waals surface area contributed by atoms with Crippen molar-refractivity contribution < 1.29 is 19.4 Å². The number of carbonyl (C=O) groups is 2. The van der Waals surface area contributed by atoms with E-state index in [9.17, 15) is 9.59 Å². The van der Waals surface area contributed by atoms with Gasteiger partial charge in [0.1, 0.15) is 0 Å². The maximum absolute atomic E-state index is 11.6. The fourth-order valence-corrected chi connectivity index (χ4v) is 1.26. The summed E-state index contributed by atoms with van der Waals surface area (Å²) in [6, 6.07) is -0.250. The van der Waals surface area contributed by atoms with Gasteiger partial charge in [-0.05, 0) is 6.92 Å². The first-order chi connectivity index (χ1) is 8.04. The van der Waals surface area contributed by atoms with Crippen LogP contribution in [-0.4, -0.2) is 54.9 Å². The second kappa shape index (κ2) is 8.58. The molecule has 17 heavy (non-hydrogen) atoms. The zero-order chi connectivity index (χ0) is 13.3. The number of aliphatic carboxylic acids is 1. The van der Waals surface area contributed by atoms with Crippen molar-refractivity contribution in [3.05, 3.63) is 12.7 Å². The number of carboxylic acids is 1. The summed E-state index contributed by atoms with van der Waals surface area (Å²) in [5, 5.41) is 11.2. The summed E-state index contributed by atoms with van der Waals surface area (Å²) in [5.41, 5.74) is 0. The second-order valence-electron chi connectivity index (χ2n) is 3.47. The lowest BCUT2D eigenvalue weighted by atomic mass is 10.2. The van der Waals surface area contributed by atoms with Gasteiger partial charge in [-0.15, -0.1) is 6.58 Å². The summed E-state index contributed by atoms with van der Waals surface area (Å²) in [6.07, 6.45) is 0.984. The summed E-state index contributed by atoms with van der Waals surface area (Å²) in [5.74, 6) is -0.954. The van der Waals surface area contributed by atoms with Crippen molar-refractivity contribution in [2.75, 3.05) is 26.7 Å². The molecular formula is C11H20N2O4. The monoisotopic (exact) mass is 244 g/mol. The van der Waals surface area contributed by atoms with Gasteiger partial charge in [0.2, 0.25) is 0 Å². The van der Waals surface area contributed by atoms with Crippen molar-refractivity contribution in [2.45, 2.75) is 19.4 Å². The van der Waals surface area contributed by atoms with Crippen LogP contribution in [-0.2, 0) is 9.53 Å². The summed E-state index contributed by atoms with van der Waals surface area (Å²) < 4.78 is 4.95. The first-order valence-electron chi connectivity index (χ1n) is 5.43. The highest BCUT2D eigenvalue weighted by Crippen LogP contribution is 1.97. The number of urea groups is 1. The van der Waals surface area contributed by atoms with Gasteiger partial charge in [-0.25, -0.2) is 4.79 Å². The lowest BCUT2D eigenvalue weighted by Gasteiger charge is -2.21. The Morgan fingerprint density at radius 1 is 1.59 bits per heavy atom. The Labute approximate surface area is 101 Å². The van der Waals surface area contributed by atoms with Crippen LogP contribution in [0.25, 0.3) is 0 Å². The Hall–Kier alpha value is -1.56. The summed E-state index contributed by atoms with van der Waals surface area (Å²) >= 11 is 0. The lowest BCUT2D eigenvalue weighted by Crippen LogP contribution is -2.43. The minimum Gasteiger partial charge on any atom is -0.481 e. The Morgan fingerprint density at radius 3 is 2.65 bits per heavy atom. The molecule has 0 aliphatic heterocycles. The zero-order valence-electron chi connectivity index (χ0n) is 10.3. The molecular weight excluding hydrogens is 224 g/mol. The number of hydrogen-bond donors (Lipinski definition) is 2. The van der Waals surface area contributed by atoms with Gasteiger partial charge in [0.25, 0.3) is 0 Å². The Bertz CT molecular complexity index is 268. The van der Waals surface area contributed by atoms with Crippen LogP contribution in [0.2, 0.25) is 0 Å². The van der Waals surface area contributed by atoms with Crippen LogP contribution < -0.4 is 5.32 Å². The minimum atomic E-state index is -0.954. The molecule has 2 N–H and O–H groups in total. The lowest BCUT2D eigenvalue weighted by molar-refractivity contribution is -0.139. The molecule has 0 saturated heterocycles. The van der Waals surface area contributed by atoms with Gasteiger partial charge in [0.15, 0.2) is 0 Å². The van der Waals surface area contributed by atoms with Crippen molar-refractivity contribution in [1.29, 1.82) is 0 Å². The van der Waals surface area contributed by atoms with Crippen LogP contribution in [0.3, 0.4) is 0 Å². The van der Waals surface area contributed by atoms with E-state index >= 15 is 0 Å². The fourth-order valence-electron chi connectivity index (χ4n) is 1.26. The maximum atomic E-state index is 11.6. The van der Waals surface area contributed by atoms with Crippen LogP contribution in [0.4, 0.5) is 4.79 Å². The van der Waals surface area contributed by atoms with Crippen molar-refractivity contribution in [1.82, 2.24) is 10.2 Å². The van der Waals surface area contributed by atoms with E-state index in [1.54, 1.807) is 11.0 Å². The second-order valence-corrected chi connectivity index (χ2v) is 3.47. The number of methoxy groups -OCH3 is 1. The molecule has 0 aliphatic carbocycles. The molecule has 0 spiro atoms. The zero-order valence-corrected chi connectivity index (χ0v) is 10.3. The van der Waals surface area contributed by atoms with E-state index in [0.29, 0.717) is 13.1 Å². The van der Waals surface area contributed by atoms with E-state index < -0.39 is 12.1 Å². The third-order valence-corrected chi connectivity index (χ3v) is 2.24. The quantitative estimate of drug-likeness (QED) is 0.616. The van der Waals surface area contributed by atoms with E-state index in [2.05, 4.69) is 11.9 Å². The van der Waals surface area contributed by atoms with Crippen LogP contribution in [0.1, 0.15) is 13.3 Å². The largest absolute Gasteiger partial charge is 0.481 e. The van der Waals surface area contributed by atoms with Crippen molar-refractivity contribution in [3.63, 3.8) is 0 Å². The number of nitrogens with one attached hydrogen (secondary N) is 1. The Morgan fingerprint density at radius 2 is 2.24 bits per heavy atom. The molecule has 0 aromatic rings. The summed E-state index contributed by atoms with van der Waals surface area (Å²) in [4.78, 5) is 23.7. The van der Waals surface area contributed by atoms with Gasteiger partial charge >= 0.3 is 12.0 Å². The SMILES string of the molecule is C=CCN(CC)C(=O)NCC(CC(=O)O)OC. The van der Waals surface area contributed by atoms with E-state index in [4.69, 9.17) is 9.84 Å². The Balaban J connectivity index is 4.10.